The predicted octanol–water partition coefficient (Wildman–Crippen LogP) is 3.11. The number of hydrogen-bond donors (Lipinski definition) is 1. The van der Waals surface area contributed by atoms with Crippen molar-refractivity contribution in [1.29, 1.82) is 0 Å². The van der Waals surface area contributed by atoms with Gasteiger partial charge in [0.25, 0.3) is 0 Å². The van der Waals surface area contributed by atoms with Crippen molar-refractivity contribution >= 4 is 17.8 Å². The minimum atomic E-state index is -0.0457. The molecule has 5 nitrogen and oxygen atoms in total. The lowest BCUT2D eigenvalue weighted by Crippen LogP contribution is -2.42. The van der Waals surface area contributed by atoms with Gasteiger partial charge in [-0.1, -0.05) is 6.92 Å². The van der Waals surface area contributed by atoms with E-state index >= 15 is 0 Å². The number of hydrogen-bond acceptors (Lipinski definition) is 4. The summed E-state index contributed by atoms with van der Waals surface area (Å²) in [4.78, 5) is 18.3. The molecule has 0 aromatic carbocycles. The van der Waals surface area contributed by atoms with Crippen LogP contribution in [0.4, 0.5) is 4.79 Å². The van der Waals surface area contributed by atoms with Crippen LogP contribution in [0.3, 0.4) is 0 Å². The molecule has 2 amide bonds. The van der Waals surface area contributed by atoms with Gasteiger partial charge >= 0.3 is 6.03 Å². The molecule has 1 aliphatic rings. The van der Waals surface area contributed by atoms with Crippen LogP contribution in [0, 0.1) is 13.8 Å². The van der Waals surface area contributed by atoms with E-state index in [1.165, 1.54) is 6.42 Å². The van der Waals surface area contributed by atoms with Gasteiger partial charge in [-0.25, -0.2) is 9.78 Å². The number of carbonyl (C=O) groups is 1. The topological polar surface area (TPSA) is 58.4 Å². The first-order valence-corrected chi connectivity index (χ1v) is 8.61. The molecule has 1 fully saturated rings. The number of amides is 2. The van der Waals surface area contributed by atoms with Crippen LogP contribution >= 0.6 is 11.8 Å². The number of urea groups is 1. The van der Waals surface area contributed by atoms with Crippen LogP contribution in [0.25, 0.3) is 0 Å². The number of oxazole rings is 1. The molecule has 1 aliphatic carbocycles. The van der Waals surface area contributed by atoms with Crippen LogP contribution in [-0.2, 0) is 6.54 Å². The highest BCUT2D eigenvalue weighted by Crippen LogP contribution is 2.32. The molecule has 1 aromatic rings. The molecule has 0 radical (unpaired) electrons. The fourth-order valence-electron chi connectivity index (χ4n) is 2.71. The number of aromatic nitrogens is 1. The smallest absolute Gasteiger partial charge is 0.317 e. The van der Waals surface area contributed by atoms with Crippen molar-refractivity contribution in [2.45, 2.75) is 57.9 Å². The predicted molar refractivity (Wildman–Crippen MR) is 85.5 cm³/mol. The molecule has 1 aromatic heterocycles. The molecular weight excluding hydrogens is 286 g/mol. The van der Waals surface area contributed by atoms with E-state index in [4.69, 9.17) is 4.42 Å². The van der Waals surface area contributed by atoms with Crippen molar-refractivity contribution in [2.75, 3.05) is 12.8 Å². The van der Waals surface area contributed by atoms with E-state index in [-0.39, 0.29) is 6.03 Å². The summed E-state index contributed by atoms with van der Waals surface area (Å²) in [6.07, 6.45) is 3.40. The van der Waals surface area contributed by atoms with Gasteiger partial charge in [-0.3, -0.25) is 0 Å². The Kier molecular flexibility index (Phi) is 5.56. The van der Waals surface area contributed by atoms with E-state index < -0.39 is 0 Å². The first kappa shape index (κ1) is 16.2. The highest BCUT2D eigenvalue weighted by atomic mass is 32.2. The van der Waals surface area contributed by atoms with E-state index in [0.29, 0.717) is 23.7 Å². The highest BCUT2D eigenvalue weighted by Gasteiger charge is 2.29. The Hall–Kier alpha value is -1.17. The van der Waals surface area contributed by atoms with Gasteiger partial charge < -0.3 is 14.6 Å². The second-order valence-corrected chi connectivity index (χ2v) is 7.14. The Labute approximate surface area is 130 Å². The minimum Gasteiger partial charge on any atom is -0.444 e. The van der Waals surface area contributed by atoms with Crippen molar-refractivity contribution < 1.29 is 9.21 Å². The summed E-state index contributed by atoms with van der Waals surface area (Å²) in [7, 11) is 1.88. The number of nitrogens with zero attached hydrogens (tertiary/aromatic N) is 2. The third-order valence-electron chi connectivity index (χ3n) is 4.09. The summed E-state index contributed by atoms with van der Waals surface area (Å²) in [5, 5.41) is 3.59. The van der Waals surface area contributed by atoms with Gasteiger partial charge in [-0.15, -0.1) is 0 Å². The second kappa shape index (κ2) is 7.20. The van der Waals surface area contributed by atoms with E-state index in [1.807, 2.05) is 37.6 Å². The summed E-state index contributed by atoms with van der Waals surface area (Å²) >= 11 is 2.00. The lowest BCUT2D eigenvalue weighted by atomic mass is 10.2. The van der Waals surface area contributed by atoms with Crippen LogP contribution in [0.2, 0.25) is 0 Å². The fourth-order valence-corrected chi connectivity index (χ4v) is 3.85. The van der Waals surface area contributed by atoms with Gasteiger partial charge in [0.05, 0.1) is 12.2 Å². The normalized spacial score (nSPS) is 21.5. The van der Waals surface area contributed by atoms with Crippen molar-refractivity contribution in [3.8, 4) is 0 Å². The molecule has 6 heteroatoms. The molecule has 0 aliphatic heterocycles. The molecule has 0 bridgehead atoms. The molecular formula is C15H25N3O2S. The van der Waals surface area contributed by atoms with E-state index in [1.54, 1.807) is 0 Å². The number of rotatable bonds is 5. The molecule has 2 rings (SSSR count). The van der Waals surface area contributed by atoms with E-state index in [2.05, 4.69) is 17.2 Å². The summed E-state index contributed by atoms with van der Waals surface area (Å²) in [5.41, 5.74) is 0.878. The Balaban J connectivity index is 1.80. The van der Waals surface area contributed by atoms with Crippen molar-refractivity contribution in [2.24, 2.45) is 0 Å². The first-order valence-electron chi connectivity index (χ1n) is 7.56. The van der Waals surface area contributed by atoms with Crippen LogP contribution in [0.15, 0.2) is 4.42 Å². The Morgan fingerprint density at radius 1 is 1.48 bits per heavy atom. The maximum atomic E-state index is 12.2. The van der Waals surface area contributed by atoms with Crippen LogP contribution in [0.5, 0.6) is 0 Å². The fraction of sp³-hybridized carbons (Fsp3) is 0.733. The number of carbonyl (C=O) groups excluding carboxylic acids is 1. The maximum absolute atomic E-state index is 12.2. The zero-order chi connectivity index (χ0) is 15.4. The van der Waals surface area contributed by atoms with Gasteiger partial charge in [0.1, 0.15) is 5.76 Å². The highest BCUT2D eigenvalue weighted by molar-refractivity contribution is 7.99. The van der Waals surface area contributed by atoms with Gasteiger partial charge in [-0.2, -0.15) is 11.8 Å². The van der Waals surface area contributed by atoms with Gasteiger partial charge in [-0.05, 0) is 38.9 Å². The number of aryl methyl sites for hydroxylation is 2. The zero-order valence-electron chi connectivity index (χ0n) is 13.3. The van der Waals surface area contributed by atoms with Crippen molar-refractivity contribution in [3.63, 3.8) is 0 Å². The molecule has 0 spiro atoms. The standard InChI is InChI=1S/C15H25N3O2S/c1-5-21-13-7-6-12(8-13)18(4)15(19)16-9-14-17-10(2)11(3)20-14/h12-13H,5-9H2,1-4H3,(H,16,19)/t12-,13+/m0/s1. The van der Waals surface area contributed by atoms with Crippen LogP contribution in [-0.4, -0.2) is 40.0 Å². The zero-order valence-corrected chi connectivity index (χ0v) is 14.1. The lowest BCUT2D eigenvalue weighted by Gasteiger charge is -2.24. The molecule has 1 N–H and O–H groups in total. The molecule has 1 heterocycles. The Morgan fingerprint density at radius 3 is 2.86 bits per heavy atom. The third kappa shape index (κ3) is 4.15. The van der Waals surface area contributed by atoms with Crippen molar-refractivity contribution in [3.05, 3.63) is 17.3 Å². The van der Waals surface area contributed by atoms with Crippen molar-refractivity contribution in [1.82, 2.24) is 15.2 Å². The monoisotopic (exact) mass is 311 g/mol. The summed E-state index contributed by atoms with van der Waals surface area (Å²) in [6.45, 7) is 6.32. The van der Waals surface area contributed by atoms with Gasteiger partial charge in [0, 0.05) is 18.3 Å². The van der Waals surface area contributed by atoms with Gasteiger partial charge in [0.2, 0.25) is 5.89 Å². The third-order valence-corrected chi connectivity index (χ3v) is 5.32. The maximum Gasteiger partial charge on any atom is 0.317 e. The molecule has 0 unspecified atom stereocenters. The number of nitrogens with one attached hydrogen (secondary N) is 1. The Bertz CT molecular complexity index is 470. The summed E-state index contributed by atoms with van der Waals surface area (Å²) in [6, 6.07) is 0.303. The van der Waals surface area contributed by atoms with Crippen LogP contribution in [0.1, 0.15) is 43.5 Å². The molecule has 0 saturated heterocycles. The Morgan fingerprint density at radius 2 is 2.24 bits per heavy atom. The molecule has 118 valence electrons. The van der Waals surface area contributed by atoms with Gasteiger partial charge in [0.15, 0.2) is 0 Å². The molecule has 1 saturated carbocycles. The SMILES string of the molecule is CCS[C@@H]1CC[C@H](N(C)C(=O)NCc2nc(C)c(C)o2)C1. The largest absolute Gasteiger partial charge is 0.444 e. The second-order valence-electron chi connectivity index (χ2n) is 5.56. The molecule has 2 atom stereocenters. The quantitative estimate of drug-likeness (QED) is 0.908. The van der Waals surface area contributed by atoms with E-state index in [9.17, 15) is 4.79 Å². The lowest BCUT2D eigenvalue weighted by molar-refractivity contribution is 0.189. The first-order chi connectivity index (χ1) is 10.0. The number of thioether (sulfide) groups is 1. The summed E-state index contributed by atoms with van der Waals surface area (Å²) in [5.74, 6) is 2.52. The molecule has 21 heavy (non-hydrogen) atoms. The average Bonchev–Trinajstić information content (AvgIpc) is 3.03. The summed E-state index contributed by atoms with van der Waals surface area (Å²) < 4.78 is 5.47. The van der Waals surface area contributed by atoms with Crippen LogP contribution < -0.4 is 5.32 Å². The van der Waals surface area contributed by atoms with E-state index in [0.717, 1.165) is 30.0 Å². The minimum absolute atomic E-state index is 0.0457. The average molecular weight is 311 g/mol.